The van der Waals surface area contributed by atoms with Crippen LogP contribution in [0.2, 0.25) is 0 Å². The summed E-state index contributed by atoms with van der Waals surface area (Å²) in [6.07, 6.45) is -0.238. The standard InChI is InChI=1S/C13H17NO3S2/c1-2-7-19(16,17)14-9-11(15)13-8-10-5-3-4-6-12(10)18-13/h3-6,8,11,14-15H,2,7,9H2,1H3. The third kappa shape index (κ3) is 3.76. The van der Waals surface area contributed by atoms with E-state index in [1.165, 1.54) is 11.3 Å². The van der Waals surface area contributed by atoms with E-state index in [4.69, 9.17) is 0 Å². The van der Waals surface area contributed by atoms with Gasteiger partial charge in [-0.15, -0.1) is 11.3 Å². The van der Waals surface area contributed by atoms with Gasteiger partial charge in [-0.3, -0.25) is 0 Å². The lowest BCUT2D eigenvalue weighted by molar-refractivity contribution is 0.186. The molecule has 0 aliphatic heterocycles. The molecule has 2 N–H and O–H groups in total. The lowest BCUT2D eigenvalue weighted by Gasteiger charge is -2.10. The van der Waals surface area contributed by atoms with Gasteiger partial charge in [-0.1, -0.05) is 25.1 Å². The summed E-state index contributed by atoms with van der Waals surface area (Å²) in [6, 6.07) is 9.74. The Labute approximate surface area is 117 Å². The Bertz CT molecular complexity index is 616. The van der Waals surface area contributed by atoms with Crippen LogP contribution in [0.4, 0.5) is 0 Å². The van der Waals surface area contributed by atoms with Crippen molar-refractivity contribution < 1.29 is 13.5 Å². The average molecular weight is 299 g/mol. The van der Waals surface area contributed by atoms with E-state index in [1.54, 1.807) is 0 Å². The first-order valence-electron chi connectivity index (χ1n) is 6.15. The molecule has 0 saturated carbocycles. The summed E-state index contributed by atoms with van der Waals surface area (Å²) in [5.41, 5.74) is 0. The monoisotopic (exact) mass is 299 g/mol. The van der Waals surface area contributed by atoms with E-state index >= 15 is 0 Å². The van der Waals surface area contributed by atoms with Crippen molar-refractivity contribution in [3.05, 3.63) is 35.2 Å². The normalized spacial score (nSPS) is 13.8. The van der Waals surface area contributed by atoms with Gasteiger partial charge < -0.3 is 5.11 Å². The second-order valence-corrected chi connectivity index (χ2v) is 7.41. The van der Waals surface area contributed by atoms with E-state index in [0.717, 1.165) is 15.0 Å². The molecule has 1 aromatic carbocycles. The Morgan fingerprint density at radius 2 is 2.11 bits per heavy atom. The number of aliphatic hydroxyl groups excluding tert-OH is 1. The Balaban J connectivity index is 2.05. The van der Waals surface area contributed by atoms with Crippen molar-refractivity contribution in [2.24, 2.45) is 0 Å². The topological polar surface area (TPSA) is 66.4 Å². The summed E-state index contributed by atoms with van der Waals surface area (Å²) in [6.45, 7) is 1.83. The van der Waals surface area contributed by atoms with Gasteiger partial charge in [-0.05, 0) is 23.9 Å². The number of fused-ring (bicyclic) bond motifs is 1. The zero-order chi connectivity index (χ0) is 13.9. The van der Waals surface area contributed by atoms with Gasteiger partial charge in [0.05, 0.1) is 5.75 Å². The van der Waals surface area contributed by atoms with Crippen LogP contribution < -0.4 is 4.72 Å². The predicted octanol–water partition coefficient (Wildman–Crippen LogP) is 2.26. The number of nitrogens with one attached hydrogen (secondary N) is 1. The lowest BCUT2D eigenvalue weighted by atomic mass is 10.2. The molecule has 0 fully saturated rings. The summed E-state index contributed by atoms with van der Waals surface area (Å²) in [5.74, 6) is 0.0894. The molecule has 0 radical (unpaired) electrons. The molecule has 6 heteroatoms. The lowest BCUT2D eigenvalue weighted by Crippen LogP contribution is -2.30. The van der Waals surface area contributed by atoms with Crippen molar-refractivity contribution >= 4 is 31.4 Å². The van der Waals surface area contributed by atoms with Crippen molar-refractivity contribution in [1.82, 2.24) is 4.72 Å². The average Bonchev–Trinajstić information content (AvgIpc) is 2.79. The van der Waals surface area contributed by atoms with Crippen molar-refractivity contribution in [3.63, 3.8) is 0 Å². The molecule has 1 atom stereocenters. The van der Waals surface area contributed by atoms with Gasteiger partial charge in [0.1, 0.15) is 6.10 Å². The van der Waals surface area contributed by atoms with Gasteiger partial charge >= 0.3 is 0 Å². The molecule has 0 aliphatic rings. The summed E-state index contributed by atoms with van der Waals surface area (Å²) in [4.78, 5) is 0.778. The second-order valence-electron chi connectivity index (χ2n) is 4.37. The number of sulfonamides is 1. The molecule has 0 aliphatic carbocycles. The molecular formula is C13H17NO3S2. The fourth-order valence-electron chi connectivity index (χ4n) is 1.81. The molecule has 0 amide bonds. The van der Waals surface area contributed by atoms with Gasteiger partial charge in [0.15, 0.2) is 0 Å². The van der Waals surface area contributed by atoms with E-state index in [9.17, 15) is 13.5 Å². The van der Waals surface area contributed by atoms with Gasteiger partial charge in [0.2, 0.25) is 10.0 Å². The minimum Gasteiger partial charge on any atom is -0.386 e. The minimum absolute atomic E-state index is 0.0230. The van der Waals surface area contributed by atoms with Crippen LogP contribution in [0.25, 0.3) is 10.1 Å². The largest absolute Gasteiger partial charge is 0.386 e. The summed E-state index contributed by atoms with van der Waals surface area (Å²) >= 11 is 1.48. The van der Waals surface area contributed by atoms with Crippen molar-refractivity contribution in [2.45, 2.75) is 19.4 Å². The van der Waals surface area contributed by atoms with Gasteiger partial charge in [0, 0.05) is 16.1 Å². The van der Waals surface area contributed by atoms with Crippen molar-refractivity contribution in [1.29, 1.82) is 0 Å². The number of rotatable bonds is 6. The van der Waals surface area contributed by atoms with Crippen molar-refractivity contribution in [3.8, 4) is 0 Å². The molecule has 1 heterocycles. The van der Waals surface area contributed by atoms with Crippen LogP contribution in [0.15, 0.2) is 30.3 Å². The molecule has 1 aromatic heterocycles. The third-order valence-corrected chi connectivity index (χ3v) is 5.51. The zero-order valence-corrected chi connectivity index (χ0v) is 12.3. The van der Waals surface area contributed by atoms with Crippen molar-refractivity contribution in [2.75, 3.05) is 12.3 Å². The maximum Gasteiger partial charge on any atom is 0.211 e. The highest BCUT2D eigenvalue weighted by molar-refractivity contribution is 7.89. The quantitative estimate of drug-likeness (QED) is 0.860. The highest BCUT2D eigenvalue weighted by atomic mass is 32.2. The molecule has 19 heavy (non-hydrogen) atoms. The van der Waals surface area contributed by atoms with Gasteiger partial charge in [0.25, 0.3) is 0 Å². The number of hydrogen-bond donors (Lipinski definition) is 2. The summed E-state index contributed by atoms with van der Waals surface area (Å²) in [5, 5.41) is 11.1. The highest BCUT2D eigenvalue weighted by Gasteiger charge is 2.15. The van der Waals surface area contributed by atoms with E-state index < -0.39 is 16.1 Å². The minimum atomic E-state index is -3.27. The Hall–Kier alpha value is -0.950. The Kier molecular flexibility index (Phi) is 4.57. The third-order valence-electron chi connectivity index (χ3n) is 2.74. The van der Waals surface area contributed by atoms with Crippen LogP contribution in [-0.4, -0.2) is 25.8 Å². The van der Waals surface area contributed by atoms with E-state index in [2.05, 4.69) is 4.72 Å². The molecule has 0 spiro atoms. The smallest absolute Gasteiger partial charge is 0.211 e. The predicted molar refractivity (Wildman–Crippen MR) is 78.9 cm³/mol. The molecular weight excluding hydrogens is 282 g/mol. The molecule has 0 bridgehead atoms. The Morgan fingerprint density at radius 3 is 2.79 bits per heavy atom. The number of aliphatic hydroxyl groups is 1. The molecule has 1 unspecified atom stereocenters. The van der Waals surface area contributed by atoms with E-state index in [0.29, 0.717) is 6.42 Å². The summed E-state index contributed by atoms with van der Waals surface area (Å²) < 4.78 is 26.6. The molecule has 4 nitrogen and oxygen atoms in total. The zero-order valence-electron chi connectivity index (χ0n) is 10.7. The number of hydrogen-bond acceptors (Lipinski definition) is 4. The maximum absolute atomic E-state index is 11.5. The van der Waals surface area contributed by atoms with Crippen LogP contribution in [-0.2, 0) is 10.0 Å². The molecule has 2 aromatic rings. The fourth-order valence-corrected chi connectivity index (χ4v) is 3.96. The Morgan fingerprint density at radius 1 is 1.37 bits per heavy atom. The first-order valence-corrected chi connectivity index (χ1v) is 8.62. The first kappa shape index (κ1) is 14.5. The van der Waals surface area contributed by atoms with E-state index in [-0.39, 0.29) is 12.3 Å². The van der Waals surface area contributed by atoms with Gasteiger partial charge in [-0.25, -0.2) is 13.1 Å². The maximum atomic E-state index is 11.5. The summed E-state index contributed by atoms with van der Waals surface area (Å²) in [7, 11) is -3.27. The fraction of sp³-hybridized carbons (Fsp3) is 0.385. The molecule has 104 valence electrons. The SMILES string of the molecule is CCCS(=O)(=O)NCC(O)c1cc2ccccc2s1. The van der Waals surface area contributed by atoms with Crippen LogP contribution in [0.5, 0.6) is 0 Å². The van der Waals surface area contributed by atoms with Crippen LogP contribution in [0.1, 0.15) is 24.3 Å². The number of thiophene rings is 1. The highest BCUT2D eigenvalue weighted by Crippen LogP contribution is 2.29. The van der Waals surface area contributed by atoms with E-state index in [1.807, 2.05) is 37.3 Å². The van der Waals surface area contributed by atoms with Crippen LogP contribution in [0, 0.1) is 0 Å². The second kappa shape index (κ2) is 6.00. The van der Waals surface area contributed by atoms with Crippen LogP contribution in [0.3, 0.4) is 0 Å². The van der Waals surface area contributed by atoms with Gasteiger partial charge in [-0.2, -0.15) is 0 Å². The molecule has 2 rings (SSSR count). The number of benzene rings is 1. The van der Waals surface area contributed by atoms with Crippen LogP contribution >= 0.6 is 11.3 Å². The molecule has 0 saturated heterocycles. The first-order chi connectivity index (χ1) is 9.02.